The molecule has 4 heteroatoms. The summed E-state index contributed by atoms with van der Waals surface area (Å²) >= 11 is 0. The van der Waals surface area contributed by atoms with Crippen LogP contribution in [-0.4, -0.2) is 17.4 Å². The van der Waals surface area contributed by atoms with Gasteiger partial charge in [0.1, 0.15) is 11.1 Å². The lowest BCUT2D eigenvalue weighted by molar-refractivity contribution is -0.150. The molecular weight excluding hydrogens is 444 g/mol. The van der Waals surface area contributed by atoms with Gasteiger partial charge in [0.15, 0.2) is 0 Å². The number of carbonyl (C=O) groups is 1. The Morgan fingerprint density at radius 3 is 2.03 bits per heavy atom. The summed E-state index contributed by atoms with van der Waals surface area (Å²) in [5.41, 5.74) is 5.66. The third kappa shape index (κ3) is 3.57. The highest BCUT2D eigenvalue weighted by Gasteiger charge is 2.63. The Morgan fingerprint density at radius 2 is 1.36 bits per heavy atom. The zero-order valence-electron chi connectivity index (χ0n) is 20.0. The summed E-state index contributed by atoms with van der Waals surface area (Å²) in [6.45, 7) is 2.08. The average molecular weight is 471 g/mol. The number of aryl methyl sites for hydroxylation is 1. The molecule has 1 spiro atoms. The number of carbonyl (C=O) groups excluding carboxylic acids is 1. The lowest BCUT2D eigenvalue weighted by Crippen LogP contribution is -2.49. The average Bonchev–Trinajstić information content (AvgIpc) is 3.27. The molecule has 4 nitrogen and oxygen atoms in total. The molecular formula is C32H26N2O2. The second-order valence-electron chi connectivity index (χ2n) is 9.48. The van der Waals surface area contributed by atoms with Crippen molar-refractivity contribution in [2.24, 2.45) is 15.6 Å². The van der Waals surface area contributed by atoms with Crippen molar-refractivity contribution in [3.8, 4) is 0 Å². The summed E-state index contributed by atoms with van der Waals surface area (Å²) < 4.78 is 0. The number of oxime groups is 1. The fourth-order valence-corrected chi connectivity index (χ4v) is 5.69. The van der Waals surface area contributed by atoms with Gasteiger partial charge in [0.05, 0.1) is 6.04 Å². The Kier molecular flexibility index (Phi) is 5.57. The van der Waals surface area contributed by atoms with Crippen LogP contribution in [0.15, 0.2) is 125 Å². The summed E-state index contributed by atoms with van der Waals surface area (Å²) in [5.74, 6) is -0.568. The van der Waals surface area contributed by atoms with Gasteiger partial charge < -0.3 is 4.84 Å². The maximum atomic E-state index is 14.0. The standard InChI is InChI=1S/C32H26N2O2/c1-22-12-11-19-26(20-22)27-21-28(23-13-5-2-6-14-23)33-29(24-15-7-3-8-16-24)32(27)30(34-36-31(32)35)25-17-9-4-10-18-25/h2-20,27,29H,21H2,1H3/t27-,29+,32+/m1/s1. The number of hydrogen-bond donors (Lipinski definition) is 0. The van der Waals surface area contributed by atoms with Gasteiger partial charge >= 0.3 is 5.97 Å². The lowest BCUT2D eigenvalue weighted by Gasteiger charge is -2.43. The molecule has 36 heavy (non-hydrogen) atoms. The van der Waals surface area contributed by atoms with Crippen molar-refractivity contribution in [1.82, 2.24) is 0 Å². The van der Waals surface area contributed by atoms with E-state index in [1.165, 1.54) is 0 Å². The van der Waals surface area contributed by atoms with Crippen molar-refractivity contribution in [2.75, 3.05) is 0 Å². The molecule has 3 atom stereocenters. The molecule has 0 fully saturated rings. The van der Waals surface area contributed by atoms with E-state index in [-0.39, 0.29) is 11.9 Å². The van der Waals surface area contributed by atoms with Gasteiger partial charge in [0.2, 0.25) is 0 Å². The molecule has 2 aliphatic heterocycles. The molecule has 0 aliphatic carbocycles. The highest BCUT2D eigenvalue weighted by Crippen LogP contribution is 2.57. The predicted octanol–water partition coefficient (Wildman–Crippen LogP) is 6.66. The first-order chi connectivity index (χ1) is 17.7. The van der Waals surface area contributed by atoms with Crippen LogP contribution in [0, 0.1) is 12.3 Å². The van der Waals surface area contributed by atoms with Crippen LogP contribution in [0.4, 0.5) is 0 Å². The highest BCUT2D eigenvalue weighted by molar-refractivity contribution is 6.20. The van der Waals surface area contributed by atoms with E-state index in [1.54, 1.807) is 0 Å². The smallest absolute Gasteiger partial charge is 0.317 e. The van der Waals surface area contributed by atoms with Gasteiger partial charge in [0.25, 0.3) is 0 Å². The third-order valence-corrected chi connectivity index (χ3v) is 7.33. The van der Waals surface area contributed by atoms with Crippen LogP contribution in [0.5, 0.6) is 0 Å². The summed E-state index contributed by atoms with van der Waals surface area (Å²) in [4.78, 5) is 24.9. The van der Waals surface area contributed by atoms with Crippen molar-refractivity contribution in [3.63, 3.8) is 0 Å². The molecule has 0 saturated carbocycles. The third-order valence-electron chi connectivity index (χ3n) is 7.33. The molecule has 4 aromatic carbocycles. The van der Waals surface area contributed by atoms with Crippen LogP contribution in [0.25, 0.3) is 0 Å². The second kappa shape index (κ2) is 9.04. The van der Waals surface area contributed by atoms with Gasteiger partial charge in [-0.1, -0.05) is 126 Å². The van der Waals surface area contributed by atoms with Gasteiger partial charge in [-0.05, 0) is 30.0 Å². The van der Waals surface area contributed by atoms with E-state index in [4.69, 9.17) is 9.83 Å². The second-order valence-corrected chi connectivity index (χ2v) is 9.48. The Morgan fingerprint density at radius 1 is 0.750 bits per heavy atom. The molecule has 0 unspecified atom stereocenters. The van der Waals surface area contributed by atoms with Gasteiger partial charge in [-0.3, -0.25) is 4.99 Å². The van der Waals surface area contributed by atoms with Gasteiger partial charge in [-0.2, -0.15) is 0 Å². The van der Waals surface area contributed by atoms with Crippen molar-refractivity contribution < 1.29 is 9.63 Å². The first-order valence-corrected chi connectivity index (χ1v) is 12.3. The Hall–Kier alpha value is -4.31. The zero-order valence-corrected chi connectivity index (χ0v) is 20.0. The van der Waals surface area contributed by atoms with E-state index >= 15 is 0 Å². The maximum absolute atomic E-state index is 14.0. The number of aliphatic imine (C=N–C) groups is 1. The minimum atomic E-state index is -1.10. The first kappa shape index (κ1) is 22.2. The van der Waals surface area contributed by atoms with Gasteiger partial charge in [-0.25, -0.2) is 4.79 Å². The molecule has 4 aromatic rings. The summed E-state index contributed by atoms with van der Waals surface area (Å²) in [6.07, 6.45) is 0.595. The minimum absolute atomic E-state index is 0.218. The van der Waals surface area contributed by atoms with Crippen molar-refractivity contribution in [3.05, 3.63) is 143 Å². The Balaban J connectivity index is 1.66. The van der Waals surface area contributed by atoms with Gasteiger partial charge in [0, 0.05) is 17.2 Å². The molecule has 2 heterocycles. The molecule has 176 valence electrons. The van der Waals surface area contributed by atoms with Crippen molar-refractivity contribution >= 4 is 17.4 Å². The summed E-state index contributed by atoms with van der Waals surface area (Å²) in [7, 11) is 0. The van der Waals surface area contributed by atoms with Crippen LogP contribution in [0.3, 0.4) is 0 Å². The number of benzene rings is 4. The molecule has 2 aliphatic rings. The van der Waals surface area contributed by atoms with Gasteiger partial charge in [-0.15, -0.1) is 0 Å². The SMILES string of the molecule is Cc1cccc([C@H]2CC(c3ccccc3)=N[C@@H](c3ccccc3)[C@@]23C(=O)ON=C3c2ccccc2)c1. The quantitative estimate of drug-likeness (QED) is 0.313. The molecule has 6 rings (SSSR count). The molecule has 0 bridgehead atoms. The Labute approximate surface area is 211 Å². The van der Waals surface area contributed by atoms with Crippen molar-refractivity contribution in [1.29, 1.82) is 0 Å². The van der Waals surface area contributed by atoms with E-state index < -0.39 is 11.5 Å². The molecule has 0 amide bonds. The van der Waals surface area contributed by atoms with Crippen LogP contribution in [0.1, 0.15) is 46.2 Å². The topological polar surface area (TPSA) is 51.0 Å². The van der Waals surface area contributed by atoms with E-state index in [9.17, 15) is 4.79 Å². The fraction of sp³-hybridized carbons (Fsp3) is 0.156. The summed E-state index contributed by atoms with van der Waals surface area (Å²) in [5, 5.41) is 4.43. The molecule has 0 saturated heterocycles. The number of nitrogens with zero attached hydrogens (tertiary/aromatic N) is 2. The van der Waals surface area contributed by atoms with Crippen LogP contribution in [-0.2, 0) is 9.63 Å². The van der Waals surface area contributed by atoms with Crippen LogP contribution >= 0.6 is 0 Å². The zero-order chi connectivity index (χ0) is 24.5. The first-order valence-electron chi connectivity index (χ1n) is 12.3. The van der Waals surface area contributed by atoms with E-state index in [0.717, 1.165) is 33.5 Å². The van der Waals surface area contributed by atoms with E-state index in [2.05, 4.69) is 48.5 Å². The number of hydrogen-bond acceptors (Lipinski definition) is 4. The lowest BCUT2D eigenvalue weighted by atomic mass is 9.58. The molecule has 0 aromatic heterocycles. The molecule has 0 radical (unpaired) electrons. The fourth-order valence-electron chi connectivity index (χ4n) is 5.69. The minimum Gasteiger partial charge on any atom is -0.317 e. The van der Waals surface area contributed by atoms with Crippen LogP contribution < -0.4 is 0 Å². The highest BCUT2D eigenvalue weighted by atomic mass is 16.7. The van der Waals surface area contributed by atoms with E-state index in [0.29, 0.717) is 12.1 Å². The van der Waals surface area contributed by atoms with Crippen LogP contribution in [0.2, 0.25) is 0 Å². The van der Waals surface area contributed by atoms with E-state index in [1.807, 2.05) is 78.9 Å². The largest absolute Gasteiger partial charge is 0.350 e. The maximum Gasteiger partial charge on any atom is 0.350 e. The molecule has 0 N–H and O–H groups in total. The predicted molar refractivity (Wildman–Crippen MR) is 142 cm³/mol. The van der Waals surface area contributed by atoms with Crippen molar-refractivity contribution in [2.45, 2.75) is 25.3 Å². The monoisotopic (exact) mass is 470 g/mol. The normalized spacial score (nSPS) is 23.2. The Bertz CT molecular complexity index is 1460. The summed E-state index contributed by atoms with van der Waals surface area (Å²) in [6, 6.07) is 38.1. The number of rotatable bonds is 4.